The van der Waals surface area contributed by atoms with Gasteiger partial charge in [-0.15, -0.1) is 0 Å². The van der Waals surface area contributed by atoms with E-state index in [9.17, 15) is 4.79 Å². The number of hydrogen-bond acceptors (Lipinski definition) is 2. The van der Waals surface area contributed by atoms with Crippen LogP contribution >= 0.6 is 0 Å². The highest BCUT2D eigenvalue weighted by Crippen LogP contribution is 2.36. The zero-order valence-electron chi connectivity index (χ0n) is 9.35. The summed E-state index contributed by atoms with van der Waals surface area (Å²) < 4.78 is 0. The van der Waals surface area contributed by atoms with Gasteiger partial charge < -0.3 is 10.6 Å². The molecule has 0 aliphatic carbocycles. The quantitative estimate of drug-likeness (QED) is 0.681. The molecule has 0 saturated carbocycles. The Kier molecular flexibility index (Phi) is 2.18. The lowest BCUT2D eigenvalue weighted by Crippen LogP contribution is -2.29. The summed E-state index contributed by atoms with van der Waals surface area (Å²) in [6.45, 7) is 6.86. The van der Waals surface area contributed by atoms with Gasteiger partial charge in [0, 0.05) is 0 Å². The first kappa shape index (κ1) is 10.0. The highest BCUT2D eigenvalue weighted by atomic mass is 16.2. The van der Waals surface area contributed by atoms with Gasteiger partial charge in [0.05, 0.1) is 17.9 Å². The van der Waals surface area contributed by atoms with Gasteiger partial charge in [0.15, 0.2) is 0 Å². The molecule has 0 atom stereocenters. The number of carbonyl (C=O) groups excluding carboxylic acids is 1. The van der Waals surface area contributed by atoms with Crippen molar-refractivity contribution in [2.75, 3.05) is 17.2 Å². The molecule has 2 rings (SSSR count). The Balaban J connectivity index is 2.51. The molecule has 2 N–H and O–H groups in total. The molecule has 1 amide bonds. The van der Waals surface area contributed by atoms with Crippen molar-refractivity contribution in [3.8, 4) is 0 Å². The predicted molar refractivity (Wildman–Crippen MR) is 62.3 cm³/mol. The SMILES string of the molecule is CC(C)(C)c1cccc2c1NCC(=O)N2. The number of anilines is 2. The maximum absolute atomic E-state index is 11.2. The molecular weight excluding hydrogens is 188 g/mol. The van der Waals surface area contributed by atoms with Crippen LogP contribution in [0.2, 0.25) is 0 Å². The van der Waals surface area contributed by atoms with E-state index in [2.05, 4.69) is 37.5 Å². The van der Waals surface area contributed by atoms with E-state index in [-0.39, 0.29) is 11.3 Å². The lowest BCUT2D eigenvalue weighted by Gasteiger charge is -2.28. The van der Waals surface area contributed by atoms with Crippen molar-refractivity contribution in [1.82, 2.24) is 0 Å². The minimum absolute atomic E-state index is 0.0218. The first-order chi connectivity index (χ1) is 6.98. The Morgan fingerprint density at radius 3 is 2.67 bits per heavy atom. The van der Waals surface area contributed by atoms with Gasteiger partial charge >= 0.3 is 0 Å². The Morgan fingerprint density at radius 1 is 1.27 bits per heavy atom. The van der Waals surface area contributed by atoms with E-state index in [1.165, 1.54) is 5.56 Å². The van der Waals surface area contributed by atoms with Crippen LogP contribution < -0.4 is 10.6 Å². The number of carbonyl (C=O) groups is 1. The average Bonchev–Trinajstić information content (AvgIpc) is 2.15. The average molecular weight is 204 g/mol. The fourth-order valence-corrected chi connectivity index (χ4v) is 1.83. The third kappa shape index (κ3) is 1.82. The minimum Gasteiger partial charge on any atom is -0.374 e. The van der Waals surface area contributed by atoms with Gasteiger partial charge in [0.1, 0.15) is 0 Å². The first-order valence-electron chi connectivity index (χ1n) is 5.16. The molecule has 1 aromatic rings. The molecular formula is C12H16N2O. The summed E-state index contributed by atoms with van der Waals surface area (Å²) in [6.07, 6.45) is 0. The Hall–Kier alpha value is -1.51. The van der Waals surface area contributed by atoms with Crippen molar-refractivity contribution in [3.05, 3.63) is 23.8 Å². The fourth-order valence-electron chi connectivity index (χ4n) is 1.83. The van der Waals surface area contributed by atoms with Crippen molar-refractivity contribution >= 4 is 17.3 Å². The van der Waals surface area contributed by atoms with Gasteiger partial charge in [-0.1, -0.05) is 32.9 Å². The molecule has 1 aromatic carbocycles. The maximum atomic E-state index is 11.2. The number of hydrogen-bond donors (Lipinski definition) is 2. The van der Waals surface area contributed by atoms with Crippen molar-refractivity contribution in [1.29, 1.82) is 0 Å². The molecule has 3 nitrogen and oxygen atoms in total. The summed E-state index contributed by atoms with van der Waals surface area (Å²) >= 11 is 0. The van der Waals surface area contributed by atoms with Crippen molar-refractivity contribution in [2.24, 2.45) is 0 Å². The summed E-state index contributed by atoms with van der Waals surface area (Å²) in [5, 5.41) is 6.05. The largest absolute Gasteiger partial charge is 0.374 e. The molecule has 3 heteroatoms. The summed E-state index contributed by atoms with van der Waals surface area (Å²) in [4.78, 5) is 11.2. The van der Waals surface area contributed by atoms with Crippen LogP contribution in [0.5, 0.6) is 0 Å². The number of benzene rings is 1. The summed E-state index contributed by atoms with van der Waals surface area (Å²) in [5.74, 6) is 0.0218. The molecule has 0 bridgehead atoms. The van der Waals surface area contributed by atoms with Crippen LogP contribution in [0.3, 0.4) is 0 Å². The second-order valence-electron chi connectivity index (χ2n) is 4.88. The Morgan fingerprint density at radius 2 is 2.00 bits per heavy atom. The fraction of sp³-hybridized carbons (Fsp3) is 0.417. The smallest absolute Gasteiger partial charge is 0.243 e. The van der Waals surface area contributed by atoms with E-state index in [1.54, 1.807) is 0 Å². The van der Waals surface area contributed by atoms with Crippen LogP contribution in [0.25, 0.3) is 0 Å². The minimum atomic E-state index is 0.0218. The molecule has 1 heterocycles. The second kappa shape index (κ2) is 3.26. The van der Waals surface area contributed by atoms with Gasteiger partial charge in [0.2, 0.25) is 5.91 Å². The number of para-hydroxylation sites is 1. The van der Waals surface area contributed by atoms with Crippen LogP contribution in [0.15, 0.2) is 18.2 Å². The standard InChI is InChI=1S/C12H16N2O/c1-12(2,3)8-5-4-6-9-11(8)13-7-10(15)14-9/h4-6,13H,7H2,1-3H3,(H,14,15). The molecule has 0 saturated heterocycles. The lowest BCUT2D eigenvalue weighted by molar-refractivity contribution is -0.114. The summed E-state index contributed by atoms with van der Waals surface area (Å²) in [5.41, 5.74) is 3.27. The van der Waals surface area contributed by atoms with Crippen molar-refractivity contribution in [2.45, 2.75) is 26.2 Å². The van der Waals surface area contributed by atoms with Gasteiger partial charge in [-0.3, -0.25) is 4.79 Å². The van der Waals surface area contributed by atoms with Crippen molar-refractivity contribution < 1.29 is 4.79 Å². The molecule has 1 aliphatic heterocycles. The lowest BCUT2D eigenvalue weighted by atomic mass is 9.85. The molecule has 80 valence electrons. The number of nitrogens with one attached hydrogen (secondary N) is 2. The zero-order valence-corrected chi connectivity index (χ0v) is 9.35. The maximum Gasteiger partial charge on any atom is 0.243 e. The number of rotatable bonds is 0. The molecule has 15 heavy (non-hydrogen) atoms. The number of fused-ring (bicyclic) bond motifs is 1. The van der Waals surface area contributed by atoms with Crippen LogP contribution in [-0.2, 0) is 10.2 Å². The molecule has 0 aromatic heterocycles. The van der Waals surface area contributed by atoms with Crippen LogP contribution in [0, 0.1) is 0 Å². The van der Waals surface area contributed by atoms with E-state index in [4.69, 9.17) is 0 Å². The van der Waals surface area contributed by atoms with E-state index >= 15 is 0 Å². The monoisotopic (exact) mass is 204 g/mol. The Bertz CT molecular complexity index is 405. The second-order valence-corrected chi connectivity index (χ2v) is 4.88. The highest BCUT2D eigenvalue weighted by molar-refractivity contribution is 6.01. The van der Waals surface area contributed by atoms with E-state index < -0.39 is 0 Å². The summed E-state index contributed by atoms with van der Waals surface area (Å²) in [7, 11) is 0. The van der Waals surface area contributed by atoms with Gasteiger partial charge in [-0.2, -0.15) is 0 Å². The van der Waals surface area contributed by atoms with Gasteiger partial charge in [-0.25, -0.2) is 0 Å². The molecule has 0 radical (unpaired) electrons. The van der Waals surface area contributed by atoms with Gasteiger partial charge in [-0.05, 0) is 17.0 Å². The zero-order chi connectivity index (χ0) is 11.1. The highest BCUT2D eigenvalue weighted by Gasteiger charge is 2.23. The van der Waals surface area contributed by atoms with Crippen LogP contribution in [0.4, 0.5) is 11.4 Å². The molecule has 0 unspecified atom stereocenters. The molecule has 1 aliphatic rings. The summed E-state index contributed by atoms with van der Waals surface area (Å²) in [6, 6.07) is 6.00. The normalized spacial score (nSPS) is 15.3. The van der Waals surface area contributed by atoms with Crippen molar-refractivity contribution in [3.63, 3.8) is 0 Å². The van der Waals surface area contributed by atoms with E-state index in [1.807, 2.05) is 12.1 Å². The Labute approximate surface area is 89.9 Å². The molecule has 0 fully saturated rings. The number of amides is 1. The first-order valence-corrected chi connectivity index (χ1v) is 5.16. The third-order valence-electron chi connectivity index (χ3n) is 2.57. The van der Waals surface area contributed by atoms with Crippen LogP contribution in [-0.4, -0.2) is 12.5 Å². The van der Waals surface area contributed by atoms with E-state index in [0.29, 0.717) is 6.54 Å². The van der Waals surface area contributed by atoms with E-state index in [0.717, 1.165) is 11.4 Å². The third-order valence-corrected chi connectivity index (χ3v) is 2.57. The molecule has 0 spiro atoms. The van der Waals surface area contributed by atoms with Gasteiger partial charge in [0.25, 0.3) is 0 Å². The topological polar surface area (TPSA) is 41.1 Å². The van der Waals surface area contributed by atoms with Crippen LogP contribution in [0.1, 0.15) is 26.3 Å². The predicted octanol–water partition coefficient (Wildman–Crippen LogP) is 2.35.